The number of aryl methyl sites for hydroxylation is 1. The number of pyridine rings is 1. The van der Waals surface area contributed by atoms with E-state index in [0.29, 0.717) is 5.69 Å². The third kappa shape index (κ3) is 2.80. The van der Waals surface area contributed by atoms with Crippen molar-refractivity contribution >= 4 is 22.6 Å². The summed E-state index contributed by atoms with van der Waals surface area (Å²) in [5.74, 6) is -1.59. The first kappa shape index (κ1) is 16.5. The van der Waals surface area contributed by atoms with Gasteiger partial charge in [0.15, 0.2) is 5.69 Å². The number of carbonyl (C=O) groups is 2. The highest BCUT2D eigenvalue weighted by Crippen LogP contribution is 2.26. The third-order valence-corrected chi connectivity index (χ3v) is 4.20. The number of primary amides is 2. The first-order chi connectivity index (χ1) is 12.9. The number of hydrogen-bond acceptors (Lipinski definition) is 5. The Labute approximate surface area is 153 Å². The first-order valence-electron chi connectivity index (χ1n) is 8.01. The summed E-state index contributed by atoms with van der Waals surface area (Å²) in [6, 6.07) is 7.52. The second kappa shape index (κ2) is 6.06. The van der Waals surface area contributed by atoms with Crippen molar-refractivity contribution in [3.05, 3.63) is 60.3 Å². The minimum absolute atomic E-state index is 0.0283. The molecule has 27 heavy (non-hydrogen) atoms. The number of benzene rings is 1. The molecular formula is C18H15N7O2. The monoisotopic (exact) mass is 361 g/mol. The van der Waals surface area contributed by atoms with Gasteiger partial charge in [-0.1, -0.05) is 12.1 Å². The molecule has 0 fully saturated rings. The summed E-state index contributed by atoms with van der Waals surface area (Å²) >= 11 is 0. The van der Waals surface area contributed by atoms with E-state index < -0.39 is 11.8 Å². The zero-order chi connectivity index (χ0) is 19.1. The van der Waals surface area contributed by atoms with E-state index in [4.69, 9.17) is 11.5 Å². The maximum Gasteiger partial charge on any atom is 0.270 e. The van der Waals surface area contributed by atoms with Gasteiger partial charge in [-0.15, -0.1) is 0 Å². The van der Waals surface area contributed by atoms with Crippen molar-refractivity contribution in [3.63, 3.8) is 0 Å². The van der Waals surface area contributed by atoms with Crippen molar-refractivity contribution < 1.29 is 9.59 Å². The van der Waals surface area contributed by atoms with Crippen LogP contribution in [-0.2, 0) is 7.05 Å². The van der Waals surface area contributed by atoms with Crippen molar-refractivity contribution in [1.29, 1.82) is 0 Å². The second-order valence-corrected chi connectivity index (χ2v) is 6.03. The molecule has 0 aliphatic carbocycles. The molecule has 4 N–H and O–H groups in total. The summed E-state index contributed by atoms with van der Waals surface area (Å²) < 4.78 is 3.12. The Hall–Kier alpha value is -4.01. The van der Waals surface area contributed by atoms with Crippen molar-refractivity contribution in [2.75, 3.05) is 0 Å². The van der Waals surface area contributed by atoms with Crippen LogP contribution < -0.4 is 11.5 Å². The molecule has 0 saturated heterocycles. The van der Waals surface area contributed by atoms with Crippen LogP contribution in [0.1, 0.15) is 20.8 Å². The largest absolute Gasteiger partial charge is 0.365 e. The molecule has 9 nitrogen and oxygen atoms in total. The molecule has 0 saturated carbocycles. The van der Waals surface area contributed by atoms with Gasteiger partial charge >= 0.3 is 0 Å². The van der Waals surface area contributed by atoms with Crippen LogP contribution in [0.15, 0.2) is 49.1 Å². The zero-order valence-corrected chi connectivity index (χ0v) is 14.3. The van der Waals surface area contributed by atoms with E-state index in [0.717, 1.165) is 22.0 Å². The molecule has 4 rings (SSSR count). The average Bonchev–Trinajstić information content (AvgIpc) is 3.27. The van der Waals surface area contributed by atoms with E-state index in [1.165, 1.54) is 10.9 Å². The summed E-state index contributed by atoms with van der Waals surface area (Å²) in [5, 5.41) is 10.0. The Morgan fingerprint density at radius 3 is 2.52 bits per heavy atom. The Morgan fingerprint density at radius 1 is 1.07 bits per heavy atom. The Balaban J connectivity index is 1.87. The van der Waals surface area contributed by atoms with Crippen LogP contribution in [0.5, 0.6) is 0 Å². The number of carbonyl (C=O) groups excluding carboxylic acids is 2. The lowest BCUT2D eigenvalue weighted by Crippen LogP contribution is -2.19. The van der Waals surface area contributed by atoms with Crippen molar-refractivity contribution in [1.82, 2.24) is 24.5 Å². The fraction of sp³-hybridized carbons (Fsp3) is 0.0556. The number of hydrogen-bond donors (Lipinski definition) is 2. The molecule has 3 aromatic heterocycles. The van der Waals surface area contributed by atoms with E-state index in [2.05, 4.69) is 15.2 Å². The van der Waals surface area contributed by atoms with Crippen molar-refractivity contribution in [3.8, 4) is 16.9 Å². The molecule has 0 aliphatic rings. The molecule has 2 amide bonds. The lowest BCUT2D eigenvalue weighted by molar-refractivity contribution is 0.0965. The highest BCUT2D eigenvalue weighted by atomic mass is 16.2. The smallest absolute Gasteiger partial charge is 0.270 e. The lowest BCUT2D eigenvalue weighted by atomic mass is 10.1. The summed E-state index contributed by atoms with van der Waals surface area (Å²) in [6.45, 7) is 0. The van der Waals surface area contributed by atoms with Gasteiger partial charge in [-0.3, -0.25) is 19.3 Å². The molecule has 0 aliphatic heterocycles. The van der Waals surface area contributed by atoms with Gasteiger partial charge in [0, 0.05) is 36.6 Å². The molecule has 0 spiro atoms. The minimum Gasteiger partial charge on any atom is -0.365 e. The normalized spacial score (nSPS) is 11.0. The van der Waals surface area contributed by atoms with Gasteiger partial charge < -0.3 is 11.5 Å². The maximum atomic E-state index is 11.6. The predicted molar refractivity (Wildman–Crippen MR) is 98.1 cm³/mol. The summed E-state index contributed by atoms with van der Waals surface area (Å²) in [6.07, 6.45) is 6.72. The Morgan fingerprint density at radius 2 is 1.89 bits per heavy atom. The fourth-order valence-corrected chi connectivity index (χ4v) is 2.93. The van der Waals surface area contributed by atoms with Gasteiger partial charge in [0.2, 0.25) is 0 Å². The van der Waals surface area contributed by atoms with Crippen molar-refractivity contribution in [2.45, 2.75) is 0 Å². The number of nitrogens with zero attached hydrogens (tertiary/aromatic N) is 5. The van der Waals surface area contributed by atoms with Crippen LogP contribution in [0.3, 0.4) is 0 Å². The molecule has 4 aromatic rings. The number of nitrogens with two attached hydrogens (primary N) is 2. The lowest BCUT2D eigenvalue weighted by Gasteiger charge is -2.07. The number of rotatable bonds is 4. The quantitative estimate of drug-likeness (QED) is 0.559. The third-order valence-electron chi connectivity index (χ3n) is 4.20. The van der Waals surface area contributed by atoms with Gasteiger partial charge in [-0.05, 0) is 17.5 Å². The number of fused-ring (bicyclic) bond motifs is 1. The first-order valence-corrected chi connectivity index (χ1v) is 8.01. The average molecular weight is 361 g/mol. The van der Waals surface area contributed by atoms with E-state index in [9.17, 15) is 9.59 Å². The van der Waals surface area contributed by atoms with Crippen LogP contribution >= 0.6 is 0 Å². The Bertz CT molecular complexity index is 1170. The van der Waals surface area contributed by atoms with E-state index >= 15 is 0 Å². The molecule has 0 radical (unpaired) electrons. The Kier molecular flexibility index (Phi) is 3.69. The standard InChI is InChI=1S/C18H15N7O2/c1-24-8-11(6-22-24)14-5-10-3-2-4-15(12(10)7-21-14)25-9-13(17(19)26)16(23-25)18(20)27/h2-9H,1H3,(H2,19,26)(H2,20,27). The molecular weight excluding hydrogens is 346 g/mol. The number of amides is 2. The van der Waals surface area contributed by atoms with E-state index in [1.54, 1.807) is 23.1 Å². The minimum atomic E-state index is -0.820. The topological polar surface area (TPSA) is 135 Å². The zero-order valence-electron chi connectivity index (χ0n) is 14.3. The summed E-state index contributed by atoms with van der Waals surface area (Å²) in [4.78, 5) is 27.6. The van der Waals surface area contributed by atoms with Gasteiger partial charge in [0.25, 0.3) is 11.8 Å². The molecule has 0 atom stereocenters. The molecule has 134 valence electrons. The van der Waals surface area contributed by atoms with Crippen molar-refractivity contribution in [2.24, 2.45) is 18.5 Å². The summed E-state index contributed by atoms with van der Waals surface area (Å²) in [7, 11) is 1.84. The van der Waals surface area contributed by atoms with Crippen LogP contribution in [0.2, 0.25) is 0 Å². The van der Waals surface area contributed by atoms with Gasteiger partial charge in [0.1, 0.15) is 0 Å². The van der Waals surface area contributed by atoms with Crippen LogP contribution in [0.25, 0.3) is 27.7 Å². The fourth-order valence-electron chi connectivity index (χ4n) is 2.93. The van der Waals surface area contributed by atoms with Gasteiger partial charge in [-0.2, -0.15) is 10.2 Å². The maximum absolute atomic E-state index is 11.6. The van der Waals surface area contributed by atoms with Crippen LogP contribution in [0.4, 0.5) is 0 Å². The summed E-state index contributed by atoms with van der Waals surface area (Å²) in [5.41, 5.74) is 12.8. The van der Waals surface area contributed by atoms with Gasteiger partial charge in [0.05, 0.1) is 23.1 Å². The highest BCUT2D eigenvalue weighted by molar-refractivity contribution is 6.05. The number of aromatic nitrogens is 5. The van der Waals surface area contributed by atoms with Crippen LogP contribution in [0, 0.1) is 0 Å². The molecule has 1 aromatic carbocycles. The molecule has 0 bridgehead atoms. The second-order valence-electron chi connectivity index (χ2n) is 6.03. The molecule has 0 unspecified atom stereocenters. The van der Waals surface area contributed by atoms with E-state index in [1.807, 2.05) is 31.4 Å². The molecule has 9 heteroatoms. The van der Waals surface area contributed by atoms with Crippen LogP contribution in [-0.4, -0.2) is 36.4 Å². The molecule has 3 heterocycles. The predicted octanol–water partition coefficient (Wildman–Crippen LogP) is 1.02. The van der Waals surface area contributed by atoms with E-state index in [-0.39, 0.29) is 11.3 Å². The SMILES string of the molecule is Cn1cc(-c2cc3cccc(-n4cc(C(N)=O)c(C(N)=O)n4)c3cn2)cn1. The highest BCUT2D eigenvalue weighted by Gasteiger charge is 2.19. The van der Waals surface area contributed by atoms with Gasteiger partial charge in [-0.25, -0.2) is 4.68 Å².